The van der Waals surface area contributed by atoms with Crippen molar-refractivity contribution in [2.45, 2.75) is 39.0 Å². The van der Waals surface area contributed by atoms with Crippen molar-refractivity contribution < 1.29 is 14.3 Å². The van der Waals surface area contributed by atoms with Crippen molar-refractivity contribution in [2.75, 3.05) is 25.5 Å². The number of anilines is 1. The number of hydrogen-bond donors (Lipinski definition) is 2. The van der Waals surface area contributed by atoms with Crippen LogP contribution in [0.3, 0.4) is 0 Å². The van der Waals surface area contributed by atoms with E-state index in [4.69, 9.17) is 4.74 Å². The van der Waals surface area contributed by atoms with Gasteiger partial charge in [0.25, 0.3) is 0 Å². The summed E-state index contributed by atoms with van der Waals surface area (Å²) >= 11 is 0. The molecular weight excluding hydrogens is 292 g/mol. The van der Waals surface area contributed by atoms with Crippen molar-refractivity contribution in [3.05, 3.63) is 29.3 Å². The van der Waals surface area contributed by atoms with Gasteiger partial charge in [-0.2, -0.15) is 0 Å². The number of amides is 1. The summed E-state index contributed by atoms with van der Waals surface area (Å²) in [6, 6.07) is 5.28. The van der Waals surface area contributed by atoms with E-state index >= 15 is 0 Å². The smallest absolute Gasteiger partial charge is 0.337 e. The van der Waals surface area contributed by atoms with Gasteiger partial charge in [-0.15, -0.1) is 0 Å². The highest BCUT2D eigenvalue weighted by Gasteiger charge is 2.14. The number of carbonyl (C=O) groups excluding carboxylic acids is 2. The fourth-order valence-electron chi connectivity index (χ4n) is 2.94. The lowest BCUT2D eigenvalue weighted by molar-refractivity contribution is -0.119. The molecule has 0 radical (unpaired) electrons. The second-order valence-electron chi connectivity index (χ2n) is 6.18. The van der Waals surface area contributed by atoms with E-state index in [9.17, 15) is 9.59 Å². The molecule has 5 heteroatoms. The molecule has 5 nitrogen and oxygen atoms in total. The first-order valence-electron chi connectivity index (χ1n) is 8.29. The number of ether oxygens (including phenoxy) is 1. The molecule has 1 saturated carbocycles. The third-order valence-electron chi connectivity index (χ3n) is 4.41. The van der Waals surface area contributed by atoms with Crippen LogP contribution in [0.5, 0.6) is 0 Å². The van der Waals surface area contributed by atoms with Crippen molar-refractivity contribution in [2.24, 2.45) is 5.92 Å². The summed E-state index contributed by atoms with van der Waals surface area (Å²) in [7, 11) is 1.36. The molecule has 0 bridgehead atoms. The van der Waals surface area contributed by atoms with E-state index in [-0.39, 0.29) is 18.4 Å². The largest absolute Gasteiger partial charge is 0.465 e. The molecule has 2 N–H and O–H groups in total. The highest BCUT2D eigenvalue weighted by Crippen LogP contribution is 2.22. The molecule has 1 aliphatic carbocycles. The van der Waals surface area contributed by atoms with Crippen molar-refractivity contribution in [3.8, 4) is 0 Å². The highest BCUT2D eigenvalue weighted by molar-refractivity contribution is 5.91. The minimum atomic E-state index is -0.380. The average Bonchev–Trinajstić information content (AvgIpc) is 2.59. The number of rotatable bonds is 6. The number of carbonyl (C=O) groups is 2. The summed E-state index contributed by atoms with van der Waals surface area (Å²) in [6.45, 7) is 2.91. The van der Waals surface area contributed by atoms with Gasteiger partial charge in [-0.3, -0.25) is 4.79 Å². The van der Waals surface area contributed by atoms with Crippen LogP contribution in [0, 0.1) is 12.8 Å². The van der Waals surface area contributed by atoms with Crippen LogP contribution in [0.4, 0.5) is 5.69 Å². The van der Waals surface area contributed by atoms with Crippen LogP contribution in [0.1, 0.15) is 48.0 Å². The van der Waals surface area contributed by atoms with Crippen molar-refractivity contribution in [1.29, 1.82) is 0 Å². The van der Waals surface area contributed by atoms with Crippen LogP contribution in [0.15, 0.2) is 18.2 Å². The van der Waals surface area contributed by atoms with Gasteiger partial charge in [0.1, 0.15) is 0 Å². The first kappa shape index (κ1) is 17.3. The summed E-state index contributed by atoms with van der Waals surface area (Å²) in [4.78, 5) is 23.5. The first-order valence-corrected chi connectivity index (χ1v) is 8.29. The molecule has 0 aliphatic heterocycles. The molecule has 23 heavy (non-hydrogen) atoms. The Balaban J connectivity index is 1.82. The normalized spacial score (nSPS) is 15.0. The average molecular weight is 318 g/mol. The molecular formula is C18H26N2O3. The number of methoxy groups -OCH3 is 1. The number of esters is 1. The van der Waals surface area contributed by atoms with E-state index in [1.54, 1.807) is 12.1 Å². The summed E-state index contributed by atoms with van der Waals surface area (Å²) in [5.41, 5.74) is 2.24. The summed E-state index contributed by atoms with van der Waals surface area (Å²) < 4.78 is 4.72. The first-order chi connectivity index (χ1) is 11.1. The van der Waals surface area contributed by atoms with Gasteiger partial charge in [0.05, 0.1) is 19.2 Å². The molecule has 1 amide bonds. The van der Waals surface area contributed by atoms with Crippen LogP contribution in [-0.2, 0) is 9.53 Å². The van der Waals surface area contributed by atoms with E-state index in [0.717, 1.165) is 17.8 Å². The molecule has 1 aromatic rings. The van der Waals surface area contributed by atoms with Crippen molar-refractivity contribution >= 4 is 17.6 Å². The van der Waals surface area contributed by atoms with Gasteiger partial charge in [-0.05, 0) is 43.4 Å². The van der Waals surface area contributed by atoms with Gasteiger partial charge in [0.15, 0.2) is 0 Å². The van der Waals surface area contributed by atoms with Gasteiger partial charge in [0, 0.05) is 12.2 Å². The van der Waals surface area contributed by atoms with Crippen LogP contribution >= 0.6 is 0 Å². The highest BCUT2D eigenvalue weighted by atomic mass is 16.5. The number of aryl methyl sites for hydroxylation is 1. The quantitative estimate of drug-likeness (QED) is 0.792. The molecule has 0 aromatic heterocycles. The Kier molecular flexibility index (Phi) is 6.44. The Labute approximate surface area is 137 Å². The molecule has 0 saturated heterocycles. The maximum absolute atomic E-state index is 12.0. The van der Waals surface area contributed by atoms with E-state index in [0.29, 0.717) is 11.5 Å². The monoisotopic (exact) mass is 318 g/mol. The lowest BCUT2D eigenvalue weighted by Crippen LogP contribution is -2.34. The molecule has 0 spiro atoms. The van der Waals surface area contributed by atoms with E-state index in [2.05, 4.69) is 10.6 Å². The minimum Gasteiger partial charge on any atom is -0.465 e. The second kappa shape index (κ2) is 8.56. The van der Waals surface area contributed by atoms with Crippen LogP contribution in [-0.4, -0.2) is 32.1 Å². The molecule has 0 heterocycles. The van der Waals surface area contributed by atoms with Crippen LogP contribution in [0.2, 0.25) is 0 Å². The number of nitrogens with one attached hydrogen (secondary N) is 2. The Bertz CT molecular complexity index is 551. The Hall–Kier alpha value is -2.04. The predicted octanol–water partition coefficient (Wildman–Crippen LogP) is 2.89. The summed E-state index contributed by atoms with van der Waals surface area (Å²) in [5, 5.41) is 6.10. The molecule has 126 valence electrons. The fourth-order valence-corrected chi connectivity index (χ4v) is 2.94. The lowest BCUT2D eigenvalue weighted by Gasteiger charge is -2.21. The third-order valence-corrected chi connectivity index (χ3v) is 4.41. The second-order valence-corrected chi connectivity index (χ2v) is 6.18. The Morgan fingerprint density at radius 2 is 1.96 bits per heavy atom. The molecule has 1 aliphatic rings. The molecule has 1 aromatic carbocycles. The van der Waals surface area contributed by atoms with Crippen LogP contribution < -0.4 is 10.6 Å². The number of benzene rings is 1. The zero-order chi connectivity index (χ0) is 16.7. The standard InChI is InChI=1S/C18H26N2O3/c1-13-8-9-15(18(22)23-2)10-16(13)19-12-17(21)20-11-14-6-4-3-5-7-14/h8-10,14,19H,3-7,11-12H2,1-2H3,(H,20,21). The zero-order valence-electron chi connectivity index (χ0n) is 14.0. The van der Waals surface area contributed by atoms with Gasteiger partial charge in [-0.25, -0.2) is 4.79 Å². The van der Waals surface area contributed by atoms with E-state index < -0.39 is 0 Å². The van der Waals surface area contributed by atoms with E-state index in [1.807, 2.05) is 13.0 Å². The molecule has 0 atom stereocenters. The molecule has 2 rings (SSSR count). The maximum atomic E-state index is 12.0. The third kappa shape index (κ3) is 5.27. The van der Waals surface area contributed by atoms with Crippen molar-refractivity contribution in [1.82, 2.24) is 5.32 Å². The Morgan fingerprint density at radius 3 is 2.65 bits per heavy atom. The van der Waals surface area contributed by atoms with Gasteiger partial charge in [-0.1, -0.05) is 25.3 Å². The lowest BCUT2D eigenvalue weighted by atomic mass is 9.89. The molecule has 1 fully saturated rings. The summed E-state index contributed by atoms with van der Waals surface area (Å²) in [5.74, 6) is 0.227. The van der Waals surface area contributed by atoms with Crippen molar-refractivity contribution in [3.63, 3.8) is 0 Å². The summed E-state index contributed by atoms with van der Waals surface area (Å²) in [6.07, 6.45) is 6.31. The molecule has 0 unspecified atom stereocenters. The Morgan fingerprint density at radius 1 is 1.22 bits per heavy atom. The predicted molar refractivity (Wildman–Crippen MR) is 90.6 cm³/mol. The van der Waals surface area contributed by atoms with Gasteiger partial charge in [0.2, 0.25) is 5.91 Å². The maximum Gasteiger partial charge on any atom is 0.337 e. The minimum absolute atomic E-state index is 0.0153. The van der Waals surface area contributed by atoms with E-state index in [1.165, 1.54) is 39.2 Å². The fraction of sp³-hybridized carbons (Fsp3) is 0.556. The number of hydrogen-bond acceptors (Lipinski definition) is 4. The zero-order valence-corrected chi connectivity index (χ0v) is 14.0. The topological polar surface area (TPSA) is 67.4 Å². The van der Waals surface area contributed by atoms with Crippen LogP contribution in [0.25, 0.3) is 0 Å². The van der Waals surface area contributed by atoms with Gasteiger partial charge < -0.3 is 15.4 Å². The van der Waals surface area contributed by atoms with Gasteiger partial charge >= 0.3 is 5.97 Å². The SMILES string of the molecule is COC(=O)c1ccc(C)c(NCC(=O)NCC2CCCCC2)c1.